The van der Waals surface area contributed by atoms with Gasteiger partial charge in [-0.2, -0.15) is 0 Å². The van der Waals surface area contributed by atoms with Gasteiger partial charge in [-0.1, -0.05) is 37.6 Å². The largest absolute Gasteiger partial charge is 0.352 e. The van der Waals surface area contributed by atoms with Crippen molar-refractivity contribution in [2.75, 3.05) is 17.2 Å². The van der Waals surface area contributed by atoms with Gasteiger partial charge in [0, 0.05) is 17.3 Å². The third kappa shape index (κ3) is 5.51. The van der Waals surface area contributed by atoms with Crippen LogP contribution in [0.4, 0.5) is 11.4 Å². The van der Waals surface area contributed by atoms with Crippen LogP contribution >= 0.6 is 23.8 Å². The molecule has 126 valence electrons. The van der Waals surface area contributed by atoms with Crippen LogP contribution in [0.15, 0.2) is 48.5 Å². The van der Waals surface area contributed by atoms with E-state index >= 15 is 0 Å². The summed E-state index contributed by atoms with van der Waals surface area (Å²) in [4.78, 5) is 12.3. The lowest BCUT2D eigenvalue weighted by atomic mass is 10.1. The molecule has 24 heavy (non-hydrogen) atoms. The quantitative estimate of drug-likeness (QED) is 0.684. The van der Waals surface area contributed by atoms with Crippen LogP contribution in [-0.2, 0) is 0 Å². The highest BCUT2D eigenvalue weighted by molar-refractivity contribution is 7.80. The summed E-state index contributed by atoms with van der Waals surface area (Å²) in [6.07, 6.45) is 0. The number of amides is 1. The highest BCUT2D eigenvalue weighted by atomic mass is 35.5. The Morgan fingerprint density at radius 2 is 1.75 bits per heavy atom. The number of hydrogen-bond acceptors (Lipinski definition) is 2. The third-order valence-corrected chi connectivity index (χ3v) is 3.65. The predicted octanol–water partition coefficient (Wildman–Crippen LogP) is 4.53. The lowest BCUT2D eigenvalue weighted by Crippen LogP contribution is -2.29. The molecular formula is C18H20ClN3OS. The molecule has 1 amide bonds. The van der Waals surface area contributed by atoms with Crippen molar-refractivity contribution in [1.82, 2.24) is 5.32 Å². The Morgan fingerprint density at radius 1 is 1.08 bits per heavy atom. The van der Waals surface area contributed by atoms with Crippen LogP contribution in [0.1, 0.15) is 24.2 Å². The lowest BCUT2D eigenvalue weighted by Gasteiger charge is -2.14. The van der Waals surface area contributed by atoms with Gasteiger partial charge in [0.15, 0.2) is 5.11 Å². The number of hydrogen-bond donors (Lipinski definition) is 3. The van der Waals surface area contributed by atoms with Crippen LogP contribution in [0, 0.1) is 5.92 Å². The summed E-state index contributed by atoms with van der Waals surface area (Å²) in [5.74, 6) is 0.266. The van der Waals surface area contributed by atoms with Gasteiger partial charge in [-0.15, -0.1) is 0 Å². The minimum atomic E-state index is -0.124. The van der Waals surface area contributed by atoms with E-state index in [1.165, 1.54) is 0 Å². The SMILES string of the molecule is CC(C)CNC(=O)c1ccccc1NC(=S)Nc1ccc(Cl)cc1. The molecule has 0 saturated heterocycles. The first-order valence-corrected chi connectivity index (χ1v) is 8.45. The predicted molar refractivity (Wildman–Crippen MR) is 105 cm³/mol. The molecule has 0 radical (unpaired) electrons. The smallest absolute Gasteiger partial charge is 0.253 e. The monoisotopic (exact) mass is 361 g/mol. The number of para-hydroxylation sites is 1. The van der Waals surface area contributed by atoms with Gasteiger partial charge in [-0.25, -0.2) is 0 Å². The summed E-state index contributed by atoms with van der Waals surface area (Å²) in [5, 5.41) is 10.1. The Hall–Kier alpha value is -2.11. The molecule has 0 bridgehead atoms. The second-order valence-electron chi connectivity index (χ2n) is 5.74. The topological polar surface area (TPSA) is 53.2 Å². The molecule has 0 heterocycles. The average Bonchev–Trinajstić information content (AvgIpc) is 2.55. The maximum atomic E-state index is 12.3. The molecule has 0 fully saturated rings. The molecule has 2 rings (SSSR count). The second kappa shape index (κ2) is 8.66. The van der Waals surface area contributed by atoms with E-state index < -0.39 is 0 Å². The number of rotatable bonds is 5. The first-order valence-electron chi connectivity index (χ1n) is 7.66. The van der Waals surface area contributed by atoms with Crippen LogP contribution in [0.25, 0.3) is 0 Å². The Bertz CT molecular complexity index is 716. The van der Waals surface area contributed by atoms with Crippen molar-refractivity contribution in [2.45, 2.75) is 13.8 Å². The van der Waals surface area contributed by atoms with Crippen molar-refractivity contribution in [3.8, 4) is 0 Å². The number of benzene rings is 2. The Kier molecular flexibility index (Phi) is 6.58. The molecule has 2 aromatic rings. The van der Waals surface area contributed by atoms with Gasteiger partial charge in [0.1, 0.15) is 0 Å². The molecule has 0 unspecified atom stereocenters. The zero-order valence-corrected chi connectivity index (χ0v) is 15.2. The van der Waals surface area contributed by atoms with Crippen LogP contribution < -0.4 is 16.0 Å². The molecule has 6 heteroatoms. The lowest BCUT2D eigenvalue weighted by molar-refractivity contribution is 0.0950. The van der Waals surface area contributed by atoms with Crippen molar-refractivity contribution in [1.29, 1.82) is 0 Å². The van der Waals surface area contributed by atoms with E-state index in [-0.39, 0.29) is 5.91 Å². The molecule has 2 aromatic carbocycles. The molecule has 4 nitrogen and oxygen atoms in total. The summed E-state index contributed by atoms with van der Waals surface area (Å²) < 4.78 is 0. The summed E-state index contributed by atoms with van der Waals surface area (Å²) in [6, 6.07) is 14.5. The van der Waals surface area contributed by atoms with Crippen molar-refractivity contribution >= 4 is 46.2 Å². The first-order chi connectivity index (χ1) is 11.5. The molecule has 0 atom stereocenters. The highest BCUT2D eigenvalue weighted by Crippen LogP contribution is 2.17. The first kappa shape index (κ1) is 18.2. The number of carbonyl (C=O) groups excluding carboxylic acids is 1. The van der Waals surface area contributed by atoms with Gasteiger partial charge in [0.25, 0.3) is 5.91 Å². The zero-order valence-electron chi connectivity index (χ0n) is 13.6. The average molecular weight is 362 g/mol. The fraction of sp³-hybridized carbons (Fsp3) is 0.222. The summed E-state index contributed by atoms with van der Waals surface area (Å²) in [5.41, 5.74) is 2.03. The second-order valence-corrected chi connectivity index (χ2v) is 6.58. The van der Waals surface area contributed by atoms with Crippen LogP contribution in [0.5, 0.6) is 0 Å². The van der Waals surface area contributed by atoms with E-state index in [4.69, 9.17) is 23.8 Å². The summed E-state index contributed by atoms with van der Waals surface area (Å²) >= 11 is 11.2. The van der Waals surface area contributed by atoms with E-state index in [0.717, 1.165) is 5.69 Å². The fourth-order valence-electron chi connectivity index (χ4n) is 2.00. The number of nitrogens with one attached hydrogen (secondary N) is 3. The van der Waals surface area contributed by atoms with E-state index in [1.807, 2.05) is 30.3 Å². The normalized spacial score (nSPS) is 10.3. The maximum absolute atomic E-state index is 12.3. The van der Waals surface area contributed by atoms with Crippen molar-refractivity contribution in [2.24, 2.45) is 5.92 Å². The Labute approximate surface area is 152 Å². The van der Waals surface area contributed by atoms with E-state index in [0.29, 0.717) is 33.8 Å². The fourth-order valence-corrected chi connectivity index (χ4v) is 2.35. The van der Waals surface area contributed by atoms with Crippen LogP contribution in [0.2, 0.25) is 5.02 Å². The minimum Gasteiger partial charge on any atom is -0.352 e. The number of thiocarbonyl (C=S) groups is 1. The van der Waals surface area contributed by atoms with Crippen molar-refractivity contribution in [3.05, 3.63) is 59.1 Å². The summed E-state index contributed by atoms with van der Waals surface area (Å²) in [7, 11) is 0. The van der Waals surface area contributed by atoms with Gasteiger partial charge in [-0.3, -0.25) is 4.79 Å². The molecule has 3 N–H and O–H groups in total. The van der Waals surface area contributed by atoms with Crippen molar-refractivity contribution in [3.63, 3.8) is 0 Å². The Morgan fingerprint density at radius 3 is 2.42 bits per heavy atom. The van der Waals surface area contributed by atoms with E-state index in [2.05, 4.69) is 29.8 Å². The zero-order chi connectivity index (χ0) is 17.5. The van der Waals surface area contributed by atoms with E-state index in [1.54, 1.807) is 18.2 Å². The summed E-state index contributed by atoms with van der Waals surface area (Å²) in [6.45, 7) is 4.73. The number of halogens is 1. The molecule has 0 spiro atoms. The van der Waals surface area contributed by atoms with Gasteiger partial charge in [0.05, 0.1) is 11.3 Å². The Balaban J connectivity index is 2.05. The van der Waals surface area contributed by atoms with Gasteiger partial charge in [-0.05, 0) is 54.5 Å². The van der Waals surface area contributed by atoms with E-state index in [9.17, 15) is 4.79 Å². The minimum absolute atomic E-state index is 0.124. The van der Waals surface area contributed by atoms with Crippen LogP contribution in [0.3, 0.4) is 0 Å². The molecule has 0 saturated carbocycles. The standard InChI is InChI=1S/C18H20ClN3OS/c1-12(2)11-20-17(23)15-5-3-4-6-16(15)22-18(24)21-14-9-7-13(19)8-10-14/h3-10,12H,11H2,1-2H3,(H,20,23)(H2,21,22,24). The molecule has 0 aliphatic heterocycles. The third-order valence-electron chi connectivity index (χ3n) is 3.19. The van der Waals surface area contributed by atoms with Crippen molar-refractivity contribution < 1.29 is 4.79 Å². The number of carbonyl (C=O) groups is 1. The molecule has 0 aromatic heterocycles. The molecule has 0 aliphatic rings. The van der Waals surface area contributed by atoms with Gasteiger partial charge in [0.2, 0.25) is 0 Å². The van der Waals surface area contributed by atoms with Crippen LogP contribution in [-0.4, -0.2) is 17.6 Å². The van der Waals surface area contributed by atoms with Gasteiger partial charge >= 0.3 is 0 Å². The van der Waals surface area contributed by atoms with Gasteiger partial charge < -0.3 is 16.0 Å². The molecular weight excluding hydrogens is 342 g/mol. The number of anilines is 2. The molecule has 0 aliphatic carbocycles. The maximum Gasteiger partial charge on any atom is 0.253 e. The highest BCUT2D eigenvalue weighted by Gasteiger charge is 2.12.